The second-order valence-electron chi connectivity index (χ2n) is 4.29. The van der Waals surface area contributed by atoms with Crippen LogP contribution >= 0.6 is 11.6 Å². The number of aryl methyl sites for hydroxylation is 2. The predicted octanol–water partition coefficient (Wildman–Crippen LogP) is 3.94. The molecule has 0 heterocycles. The van der Waals surface area contributed by atoms with Gasteiger partial charge in [-0.25, -0.2) is 0 Å². The highest BCUT2D eigenvalue weighted by atomic mass is 35.5. The lowest BCUT2D eigenvalue weighted by Gasteiger charge is -2.02. The molecule has 0 aliphatic rings. The average Bonchev–Trinajstić information content (AvgIpc) is 2.32. The topological polar surface area (TPSA) is 26.0 Å². The molecule has 0 amide bonds. The highest BCUT2D eigenvalue weighted by Crippen LogP contribution is 2.20. The van der Waals surface area contributed by atoms with Crippen molar-refractivity contribution in [1.82, 2.24) is 0 Å². The van der Waals surface area contributed by atoms with E-state index in [1.807, 2.05) is 43.3 Å². The van der Waals surface area contributed by atoms with E-state index in [-0.39, 0.29) is 0 Å². The molecule has 2 aromatic rings. The molecule has 0 aromatic heterocycles. The number of benzene rings is 2. The maximum Gasteiger partial charge on any atom is 0.0565 e. The molecule has 0 aliphatic carbocycles. The Morgan fingerprint density at radius 2 is 1.72 bits per heavy atom. The van der Waals surface area contributed by atoms with E-state index in [1.54, 1.807) is 0 Å². The van der Waals surface area contributed by atoms with Crippen LogP contribution in [-0.4, -0.2) is 0 Å². The molecule has 1 nitrogen and oxygen atoms in total. The van der Waals surface area contributed by atoms with E-state index in [2.05, 4.69) is 18.8 Å². The minimum atomic E-state index is 0.689. The maximum atomic E-state index is 6.17. The number of hydrogen-bond donors (Lipinski definition) is 1. The Balaban J connectivity index is 2.38. The summed E-state index contributed by atoms with van der Waals surface area (Å²) in [5.41, 5.74) is 10.5. The standard InChI is InChI=1S/C16H14ClN/c1-11-8-14(16(17)9-12(11)2)7-6-13-4-3-5-15(18)10-13/h3-5,8-10H,18H2,1-2H3. The molecular formula is C16H14ClN. The van der Waals surface area contributed by atoms with E-state index < -0.39 is 0 Å². The molecule has 90 valence electrons. The van der Waals surface area contributed by atoms with Crippen LogP contribution in [0.15, 0.2) is 36.4 Å². The summed E-state index contributed by atoms with van der Waals surface area (Å²) in [6.07, 6.45) is 0. The summed E-state index contributed by atoms with van der Waals surface area (Å²) in [6.45, 7) is 4.09. The average molecular weight is 256 g/mol. The van der Waals surface area contributed by atoms with Gasteiger partial charge in [-0.15, -0.1) is 0 Å². The van der Waals surface area contributed by atoms with Gasteiger partial charge < -0.3 is 5.73 Å². The van der Waals surface area contributed by atoms with E-state index in [9.17, 15) is 0 Å². The molecule has 2 rings (SSSR count). The van der Waals surface area contributed by atoms with Crippen molar-refractivity contribution in [1.29, 1.82) is 0 Å². The molecule has 0 aliphatic heterocycles. The molecule has 18 heavy (non-hydrogen) atoms. The largest absolute Gasteiger partial charge is 0.399 e. The number of rotatable bonds is 0. The minimum Gasteiger partial charge on any atom is -0.399 e. The summed E-state index contributed by atoms with van der Waals surface area (Å²) in [6, 6.07) is 11.5. The van der Waals surface area contributed by atoms with Gasteiger partial charge in [0.2, 0.25) is 0 Å². The summed E-state index contributed by atoms with van der Waals surface area (Å²) < 4.78 is 0. The van der Waals surface area contributed by atoms with Crippen molar-refractivity contribution >= 4 is 17.3 Å². The number of halogens is 1. The molecule has 0 saturated heterocycles. The minimum absolute atomic E-state index is 0.689. The second-order valence-corrected chi connectivity index (χ2v) is 4.70. The molecule has 0 fully saturated rings. The van der Waals surface area contributed by atoms with Crippen LogP contribution in [0.2, 0.25) is 5.02 Å². The van der Waals surface area contributed by atoms with Crippen LogP contribution < -0.4 is 5.73 Å². The van der Waals surface area contributed by atoms with Crippen molar-refractivity contribution in [2.45, 2.75) is 13.8 Å². The van der Waals surface area contributed by atoms with Gasteiger partial charge in [-0.3, -0.25) is 0 Å². The zero-order valence-corrected chi connectivity index (χ0v) is 11.2. The summed E-state index contributed by atoms with van der Waals surface area (Å²) in [5.74, 6) is 6.16. The number of nitrogen functional groups attached to an aromatic ring is 1. The highest BCUT2D eigenvalue weighted by Gasteiger charge is 2.00. The maximum absolute atomic E-state index is 6.17. The van der Waals surface area contributed by atoms with Crippen molar-refractivity contribution in [3.8, 4) is 11.8 Å². The molecule has 0 atom stereocenters. The Labute approximate surface area is 113 Å². The van der Waals surface area contributed by atoms with Gasteiger partial charge in [0.15, 0.2) is 0 Å². The van der Waals surface area contributed by atoms with Crippen LogP contribution in [0.25, 0.3) is 0 Å². The third kappa shape index (κ3) is 2.85. The lowest BCUT2D eigenvalue weighted by atomic mass is 10.1. The number of hydrogen-bond acceptors (Lipinski definition) is 1. The van der Waals surface area contributed by atoms with Gasteiger partial charge in [0, 0.05) is 16.8 Å². The molecule has 0 unspecified atom stereocenters. The summed E-state index contributed by atoms with van der Waals surface area (Å²) >= 11 is 6.17. The van der Waals surface area contributed by atoms with Crippen molar-refractivity contribution in [2.75, 3.05) is 5.73 Å². The zero-order valence-electron chi connectivity index (χ0n) is 10.4. The van der Waals surface area contributed by atoms with Gasteiger partial charge in [-0.1, -0.05) is 29.5 Å². The summed E-state index contributed by atoms with van der Waals surface area (Å²) in [7, 11) is 0. The monoisotopic (exact) mass is 255 g/mol. The second kappa shape index (κ2) is 5.16. The van der Waals surface area contributed by atoms with Crippen molar-refractivity contribution in [2.24, 2.45) is 0 Å². The first-order valence-corrected chi connectivity index (χ1v) is 6.08. The fourth-order valence-corrected chi connectivity index (χ4v) is 1.90. The third-order valence-electron chi connectivity index (χ3n) is 2.81. The normalized spacial score (nSPS) is 9.72. The van der Waals surface area contributed by atoms with Crippen molar-refractivity contribution in [3.63, 3.8) is 0 Å². The smallest absolute Gasteiger partial charge is 0.0565 e. The molecular weight excluding hydrogens is 242 g/mol. The van der Waals surface area contributed by atoms with Crippen LogP contribution in [0.5, 0.6) is 0 Å². The molecule has 0 bridgehead atoms. The first kappa shape index (κ1) is 12.5. The Morgan fingerprint density at radius 1 is 1.00 bits per heavy atom. The van der Waals surface area contributed by atoms with Gasteiger partial charge in [0.1, 0.15) is 0 Å². The van der Waals surface area contributed by atoms with E-state index in [1.165, 1.54) is 11.1 Å². The Hall–Kier alpha value is -1.91. The third-order valence-corrected chi connectivity index (χ3v) is 3.12. The van der Waals surface area contributed by atoms with E-state index in [0.717, 1.165) is 11.1 Å². The van der Waals surface area contributed by atoms with Gasteiger partial charge in [0.05, 0.1) is 5.02 Å². The van der Waals surface area contributed by atoms with Crippen LogP contribution in [0.1, 0.15) is 22.3 Å². The fraction of sp³-hybridized carbons (Fsp3) is 0.125. The first-order valence-electron chi connectivity index (χ1n) is 5.70. The molecule has 0 radical (unpaired) electrons. The number of anilines is 1. The van der Waals surface area contributed by atoms with Crippen LogP contribution in [0.3, 0.4) is 0 Å². The van der Waals surface area contributed by atoms with E-state index >= 15 is 0 Å². The SMILES string of the molecule is Cc1cc(Cl)c(C#Cc2cccc(N)c2)cc1C. The zero-order chi connectivity index (χ0) is 13.1. The van der Waals surface area contributed by atoms with Crippen LogP contribution in [-0.2, 0) is 0 Å². The summed E-state index contributed by atoms with van der Waals surface area (Å²) in [4.78, 5) is 0. The van der Waals surface area contributed by atoms with Crippen LogP contribution in [0, 0.1) is 25.7 Å². The molecule has 2 N–H and O–H groups in total. The Kier molecular flexibility index (Phi) is 3.60. The van der Waals surface area contributed by atoms with Crippen molar-refractivity contribution < 1.29 is 0 Å². The molecule has 0 spiro atoms. The quantitative estimate of drug-likeness (QED) is 0.560. The van der Waals surface area contributed by atoms with Crippen molar-refractivity contribution in [3.05, 3.63) is 63.7 Å². The first-order chi connectivity index (χ1) is 8.56. The molecule has 2 heteroatoms. The van der Waals surface area contributed by atoms with Crippen LogP contribution in [0.4, 0.5) is 5.69 Å². The van der Waals surface area contributed by atoms with Gasteiger partial charge in [-0.05, 0) is 55.3 Å². The molecule has 0 saturated carbocycles. The van der Waals surface area contributed by atoms with Gasteiger partial charge in [0.25, 0.3) is 0 Å². The predicted molar refractivity (Wildman–Crippen MR) is 77.8 cm³/mol. The summed E-state index contributed by atoms with van der Waals surface area (Å²) in [5, 5.41) is 0.689. The van der Waals surface area contributed by atoms with E-state index in [0.29, 0.717) is 10.7 Å². The highest BCUT2D eigenvalue weighted by molar-refractivity contribution is 6.31. The number of nitrogens with two attached hydrogens (primary N) is 1. The van der Waals surface area contributed by atoms with Gasteiger partial charge in [-0.2, -0.15) is 0 Å². The fourth-order valence-electron chi connectivity index (χ4n) is 1.63. The van der Waals surface area contributed by atoms with E-state index in [4.69, 9.17) is 17.3 Å². The Morgan fingerprint density at radius 3 is 2.44 bits per heavy atom. The Bertz CT molecular complexity index is 648. The lowest BCUT2D eigenvalue weighted by molar-refractivity contribution is 1.33. The molecule has 2 aromatic carbocycles. The lowest BCUT2D eigenvalue weighted by Crippen LogP contribution is -1.86. The van der Waals surface area contributed by atoms with Gasteiger partial charge >= 0.3 is 0 Å².